The highest BCUT2D eigenvalue weighted by atomic mass is 32.1. The Morgan fingerprint density at radius 1 is 1.06 bits per heavy atom. The SMILES string of the molecule is COC(=O)c1ccccc1-c1ccc([C@H]2[C@@H](c3ccccn3)NC(=S)N2c2cccc(C)c2)o1. The fourth-order valence-corrected chi connectivity index (χ4v) is 4.69. The van der Waals surface area contributed by atoms with E-state index < -0.39 is 5.97 Å². The van der Waals surface area contributed by atoms with Crippen LogP contribution in [0, 0.1) is 6.92 Å². The molecule has 0 radical (unpaired) electrons. The predicted molar refractivity (Wildman–Crippen MR) is 135 cm³/mol. The van der Waals surface area contributed by atoms with Gasteiger partial charge in [-0.25, -0.2) is 4.79 Å². The minimum absolute atomic E-state index is 0.218. The molecule has 1 aliphatic heterocycles. The van der Waals surface area contributed by atoms with Crippen molar-refractivity contribution in [3.05, 3.63) is 108 Å². The number of nitrogens with zero attached hydrogens (tertiary/aromatic N) is 2. The van der Waals surface area contributed by atoms with Crippen molar-refractivity contribution >= 4 is 29.0 Å². The van der Waals surface area contributed by atoms with Crippen LogP contribution in [-0.4, -0.2) is 23.2 Å². The summed E-state index contributed by atoms with van der Waals surface area (Å²) in [6, 6.07) is 24.6. The van der Waals surface area contributed by atoms with Gasteiger partial charge in [0.1, 0.15) is 17.6 Å². The van der Waals surface area contributed by atoms with Crippen LogP contribution in [0.25, 0.3) is 11.3 Å². The fraction of sp³-hybridized carbons (Fsp3) is 0.148. The van der Waals surface area contributed by atoms with Gasteiger partial charge in [0.2, 0.25) is 0 Å². The molecule has 3 heterocycles. The first-order valence-electron chi connectivity index (χ1n) is 10.9. The highest BCUT2D eigenvalue weighted by Crippen LogP contribution is 2.43. The Morgan fingerprint density at radius 3 is 2.65 bits per heavy atom. The number of anilines is 1. The Morgan fingerprint density at radius 2 is 1.88 bits per heavy atom. The van der Waals surface area contributed by atoms with Crippen LogP contribution in [0.1, 0.15) is 39.5 Å². The lowest BCUT2D eigenvalue weighted by Crippen LogP contribution is -2.29. The summed E-state index contributed by atoms with van der Waals surface area (Å²) >= 11 is 5.78. The Kier molecular flexibility index (Phi) is 5.86. The van der Waals surface area contributed by atoms with E-state index in [-0.39, 0.29) is 12.1 Å². The lowest BCUT2D eigenvalue weighted by Gasteiger charge is -2.26. The van der Waals surface area contributed by atoms with Crippen LogP contribution >= 0.6 is 12.2 Å². The second-order valence-corrected chi connectivity index (χ2v) is 8.46. The van der Waals surface area contributed by atoms with Gasteiger partial charge in [-0.05, 0) is 67.2 Å². The maximum absolute atomic E-state index is 12.3. The molecule has 1 aliphatic rings. The number of aryl methyl sites for hydroxylation is 1. The summed E-state index contributed by atoms with van der Waals surface area (Å²) in [5, 5.41) is 4.03. The first kappa shape index (κ1) is 21.9. The number of ether oxygens (including phenoxy) is 1. The van der Waals surface area contributed by atoms with Crippen molar-refractivity contribution in [3.63, 3.8) is 0 Å². The third-order valence-corrected chi connectivity index (χ3v) is 6.21. The van der Waals surface area contributed by atoms with Crippen molar-refractivity contribution in [1.82, 2.24) is 10.3 Å². The molecule has 170 valence electrons. The third-order valence-electron chi connectivity index (χ3n) is 5.89. The zero-order chi connectivity index (χ0) is 23.7. The van der Waals surface area contributed by atoms with E-state index in [1.807, 2.05) is 54.6 Å². The molecule has 34 heavy (non-hydrogen) atoms. The minimum Gasteiger partial charge on any atom is -0.465 e. The highest BCUT2D eigenvalue weighted by Gasteiger charge is 2.42. The van der Waals surface area contributed by atoms with Crippen LogP contribution in [0.15, 0.2) is 89.5 Å². The van der Waals surface area contributed by atoms with E-state index in [1.165, 1.54) is 7.11 Å². The number of benzene rings is 2. The molecule has 6 nitrogen and oxygen atoms in total. The molecule has 0 bridgehead atoms. The van der Waals surface area contributed by atoms with Crippen LogP contribution < -0.4 is 10.2 Å². The molecule has 0 saturated carbocycles. The number of esters is 1. The third kappa shape index (κ3) is 3.95. The Bertz CT molecular complexity index is 1350. The first-order valence-corrected chi connectivity index (χ1v) is 11.3. The Balaban J connectivity index is 1.61. The second-order valence-electron chi connectivity index (χ2n) is 8.07. The van der Waals surface area contributed by atoms with Gasteiger partial charge in [0, 0.05) is 17.4 Å². The quantitative estimate of drug-likeness (QED) is 0.301. The van der Waals surface area contributed by atoms with Gasteiger partial charge in [-0.2, -0.15) is 0 Å². The van der Waals surface area contributed by atoms with Crippen molar-refractivity contribution < 1.29 is 13.9 Å². The van der Waals surface area contributed by atoms with E-state index in [2.05, 4.69) is 34.3 Å². The molecule has 7 heteroatoms. The molecule has 4 aromatic rings. The number of rotatable bonds is 5. The summed E-state index contributed by atoms with van der Waals surface area (Å²) < 4.78 is 11.4. The average Bonchev–Trinajstić information content (AvgIpc) is 3.48. The van der Waals surface area contributed by atoms with Gasteiger partial charge in [0.25, 0.3) is 0 Å². The first-order chi connectivity index (χ1) is 16.6. The molecule has 2 atom stereocenters. The molecule has 5 rings (SSSR count). The zero-order valence-corrected chi connectivity index (χ0v) is 19.6. The Hall–Kier alpha value is -3.97. The van der Waals surface area contributed by atoms with Crippen molar-refractivity contribution in [2.45, 2.75) is 19.0 Å². The lowest BCUT2D eigenvalue weighted by molar-refractivity contribution is 0.0601. The molecule has 0 amide bonds. The summed E-state index contributed by atoms with van der Waals surface area (Å²) in [6.45, 7) is 2.05. The number of hydrogen-bond donors (Lipinski definition) is 1. The standard InChI is InChI=1S/C27H23N3O3S/c1-17-8-7-9-18(16-17)30-25(24(29-27(30)34)21-12-5-6-15-28-21)23-14-13-22(33-23)19-10-3-4-11-20(19)26(31)32-2/h3-16,24-25H,1-2H3,(H,29,34)/t24-,25+/m1/s1. The lowest BCUT2D eigenvalue weighted by atomic mass is 10.0. The molecule has 2 aromatic carbocycles. The molecule has 0 spiro atoms. The predicted octanol–water partition coefficient (Wildman–Crippen LogP) is 5.61. The van der Waals surface area contributed by atoms with Gasteiger partial charge in [0.15, 0.2) is 5.11 Å². The molecule has 1 N–H and O–H groups in total. The number of furan rings is 1. The van der Waals surface area contributed by atoms with Gasteiger partial charge in [-0.1, -0.05) is 36.4 Å². The number of thiocarbonyl (C=S) groups is 1. The number of carbonyl (C=O) groups is 1. The molecule has 1 fully saturated rings. The van der Waals surface area contributed by atoms with Gasteiger partial charge in [-0.15, -0.1) is 0 Å². The van der Waals surface area contributed by atoms with E-state index >= 15 is 0 Å². The summed E-state index contributed by atoms with van der Waals surface area (Å²) in [7, 11) is 1.37. The van der Waals surface area contributed by atoms with Gasteiger partial charge in [-0.3, -0.25) is 4.98 Å². The van der Waals surface area contributed by atoms with Crippen molar-refractivity contribution in [3.8, 4) is 11.3 Å². The van der Waals surface area contributed by atoms with Crippen molar-refractivity contribution in [2.75, 3.05) is 12.0 Å². The highest BCUT2D eigenvalue weighted by molar-refractivity contribution is 7.80. The monoisotopic (exact) mass is 469 g/mol. The van der Waals surface area contributed by atoms with Crippen LogP contribution in [0.4, 0.5) is 5.69 Å². The molecule has 0 unspecified atom stereocenters. The summed E-state index contributed by atoms with van der Waals surface area (Å²) in [5.41, 5.74) is 4.08. The molecular weight excluding hydrogens is 446 g/mol. The number of aromatic nitrogens is 1. The van der Waals surface area contributed by atoms with E-state index in [1.54, 1.807) is 18.3 Å². The van der Waals surface area contributed by atoms with Gasteiger partial charge in [0.05, 0.1) is 24.4 Å². The number of hydrogen-bond acceptors (Lipinski definition) is 5. The largest absolute Gasteiger partial charge is 0.465 e. The summed E-state index contributed by atoms with van der Waals surface area (Å²) in [6.07, 6.45) is 1.77. The van der Waals surface area contributed by atoms with Crippen LogP contribution in [0.2, 0.25) is 0 Å². The van der Waals surface area contributed by atoms with E-state index in [0.717, 1.165) is 16.9 Å². The van der Waals surface area contributed by atoms with Gasteiger partial charge >= 0.3 is 5.97 Å². The maximum atomic E-state index is 12.3. The van der Waals surface area contributed by atoms with Crippen LogP contribution in [0.3, 0.4) is 0 Å². The number of carbonyl (C=O) groups excluding carboxylic acids is 1. The minimum atomic E-state index is -0.412. The normalized spacial score (nSPS) is 17.5. The molecule has 1 saturated heterocycles. The van der Waals surface area contributed by atoms with Crippen molar-refractivity contribution in [2.24, 2.45) is 0 Å². The van der Waals surface area contributed by atoms with Crippen LogP contribution in [-0.2, 0) is 4.74 Å². The summed E-state index contributed by atoms with van der Waals surface area (Å²) in [5.74, 6) is 0.877. The fourth-order valence-electron chi connectivity index (χ4n) is 4.34. The molecular formula is C27H23N3O3S. The maximum Gasteiger partial charge on any atom is 0.338 e. The van der Waals surface area contributed by atoms with E-state index in [9.17, 15) is 4.79 Å². The topological polar surface area (TPSA) is 67.6 Å². The zero-order valence-electron chi connectivity index (χ0n) is 18.8. The van der Waals surface area contributed by atoms with E-state index in [0.29, 0.717) is 27.8 Å². The Labute approximate surface area is 203 Å². The van der Waals surface area contributed by atoms with Crippen molar-refractivity contribution in [1.29, 1.82) is 0 Å². The number of methoxy groups -OCH3 is 1. The van der Waals surface area contributed by atoms with Crippen LogP contribution in [0.5, 0.6) is 0 Å². The number of pyridine rings is 1. The molecule has 2 aromatic heterocycles. The van der Waals surface area contributed by atoms with Gasteiger partial charge < -0.3 is 19.4 Å². The average molecular weight is 470 g/mol. The second kappa shape index (κ2) is 9.11. The smallest absolute Gasteiger partial charge is 0.338 e. The number of nitrogens with one attached hydrogen (secondary N) is 1. The van der Waals surface area contributed by atoms with E-state index in [4.69, 9.17) is 21.4 Å². The molecule has 0 aliphatic carbocycles. The summed E-state index contributed by atoms with van der Waals surface area (Å²) in [4.78, 5) is 19.0.